The van der Waals surface area contributed by atoms with E-state index in [9.17, 15) is 32.4 Å². The molecule has 0 bridgehead atoms. The van der Waals surface area contributed by atoms with E-state index in [4.69, 9.17) is 15.2 Å². The van der Waals surface area contributed by atoms with Gasteiger partial charge in [-0.05, 0) is 49.6 Å². The third-order valence-electron chi connectivity index (χ3n) is 8.70. The predicted octanol–water partition coefficient (Wildman–Crippen LogP) is 2.07. The van der Waals surface area contributed by atoms with Crippen LogP contribution in [0.4, 0.5) is 5.00 Å². The van der Waals surface area contributed by atoms with Crippen molar-refractivity contribution in [1.82, 2.24) is 45.9 Å². The normalized spacial score (nSPS) is 17.7. The topological polar surface area (TPSA) is 271 Å². The standard InChI is InChI=1S/C36H40N10O9S4/c1-19(57-35-41-44-45-42-35)22-17-56-32-25(31(49)46(32)26(22)33(50)54-27(20-11-7-5-8-12-20)21-13-9-6-10-14-21)39-29(48)24(43-59(52,53)16-15-38-18-47)23-28(37)58-30(40-23)34(51)55-36(2,3)4/h5-14,18-19,24-25,27,32,43H,15-17,37H2,1-4H3,(H,38,47)(H,39,48)(H,41,42,44,45)/t19?,24-,25+,32+/m0/s1. The quantitative estimate of drug-likeness (QED) is 0.0334. The predicted molar refractivity (Wildman–Crippen MR) is 218 cm³/mol. The van der Waals surface area contributed by atoms with E-state index in [1.807, 2.05) is 67.6 Å². The van der Waals surface area contributed by atoms with Crippen LogP contribution in [0.25, 0.3) is 0 Å². The molecular formula is C36H40N10O9S4. The monoisotopic (exact) mass is 884 g/mol. The Labute approximate surface area is 351 Å². The Kier molecular flexibility index (Phi) is 13.4. The number of nitrogens with zero attached hydrogens (tertiary/aromatic N) is 5. The summed E-state index contributed by atoms with van der Waals surface area (Å²) in [6.07, 6.45) is -0.526. The second-order valence-corrected chi connectivity index (χ2v) is 19.4. The molecule has 0 saturated carbocycles. The maximum atomic E-state index is 14.5. The number of rotatable bonds is 17. The maximum Gasteiger partial charge on any atom is 0.368 e. The smallest absolute Gasteiger partial charge is 0.368 e. The van der Waals surface area contributed by atoms with Gasteiger partial charge < -0.3 is 25.8 Å². The Hall–Kier alpha value is -5.36. The molecule has 2 aliphatic rings. The summed E-state index contributed by atoms with van der Waals surface area (Å²) in [7, 11) is -4.31. The third-order valence-corrected chi connectivity index (χ3v) is 13.2. The van der Waals surface area contributed by atoms with E-state index >= 15 is 0 Å². The molecule has 4 heterocycles. The van der Waals surface area contributed by atoms with Crippen LogP contribution >= 0.6 is 34.9 Å². The minimum atomic E-state index is -4.31. The first-order valence-corrected chi connectivity index (χ1v) is 22.3. The summed E-state index contributed by atoms with van der Waals surface area (Å²) in [6, 6.07) is 15.2. The summed E-state index contributed by atoms with van der Waals surface area (Å²) < 4.78 is 40.2. The van der Waals surface area contributed by atoms with Gasteiger partial charge >= 0.3 is 11.9 Å². The lowest BCUT2D eigenvalue weighted by Crippen LogP contribution is -2.71. The summed E-state index contributed by atoms with van der Waals surface area (Å²) in [5.41, 5.74) is 6.93. The number of anilines is 1. The largest absolute Gasteiger partial charge is 0.455 e. The van der Waals surface area contributed by atoms with Crippen molar-refractivity contribution in [2.75, 3.05) is 23.8 Å². The number of ether oxygens (including phenoxy) is 2. The molecule has 6 rings (SSSR count). The van der Waals surface area contributed by atoms with E-state index in [0.717, 1.165) is 0 Å². The number of sulfonamides is 1. The Bertz CT molecular complexity index is 2280. The van der Waals surface area contributed by atoms with Crippen molar-refractivity contribution in [3.63, 3.8) is 0 Å². The van der Waals surface area contributed by atoms with Crippen LogP contribution in [-0.2, 0) is 38.7 Å². The van der Waals surface area contributed by atoms with Crippen molar-refractivity contribution in [2.24, 2.45) is 0 Å². The third kappa shape index (κ3) is 10.3. The van der Waals surface area contributed by atoms with Gasteiger partial charge in [0.2, 0.25) is 32.5 Å². The van der Waals surface area contributed by atoms with Gasteiger partial charge in [-0.1, -0.05) is 83.8 Å². The molecular weight excluding hydrogens is 845 g/mol. The second kappa shape index (κ2) is 18.3. The summed E-state index contributed by atoms with van der Waals surface area (Å²) >= 11 is 3.16. The molecule has 0 spiro atoms. The molecule has 3 amide bonds. The van der Waals surface area contributed by atoms with Crippen molar-refractivity contribution in [1.29, 1.82) is 0 Å². The number of thiazole rings is 1. The van der Waals surface area contributed by atoms with Gasteiger partial charge in [0.05, 0.1) is 5.75 Å². The molecule has 2 aliphatic heterocycles. The van der Waals surface area contributed by atoms with E-state index in [1.165, 1.54) is 28.4 Å². The Morgan fingerprint density at radius 3 is 2.34 bits per heavy atom. The van der Waals surface area contributed by atoms with E-state index in [0.29, 0.717) is 39.6 Å². The molecule has 2 aromatic heterocycles. The number of nitrogens with two attached hydrogens (primary N) is 1. The first-order valence-electron chi connectivity index (χ1n) is 17.9. The molecule has 312 valence electrons. The van der Waals surface area contributed by atoms with E-state index in [1.54, 1.807) is 20.8 Å². The summed E-state index contributed by atoms with van der Waals surface area (Å²) in [6.45, 7) is 6.47. The zero-order chi connectivity index (χ0) is 42.5. The SMILES string of the molecule is CC(Sc1nn[nH]n1)C1=C(C(=O)OC(c2ccccc2)c2ccccc2)N2C(=O)[C@@H](NC(=O)[C@@H](NS(=O)(=O)CCNC=O)c3nc(C(=O)OC(C)(C)C)sc3N)[C@H]2SC1. The fourth-order valence-corrected chi connectivity index (χ4v) is 10.3. The highest BCUT2D eigenvalue weighted by molar-refractivity contribution is 8.01. The first kappa shape index (κ1) is 43.2. The van der Waals surface area contributed by atoms with Crippen molar-refractivity contribution >= 4 is 80.0 Å². The van der Waals surface area contributed by atoms with Crippen LogP contribution in [0.15, 0.2) is 77.1 Å². The van der Waals surface area contributed by atoms with Crippen LogP contribution in [0, 0.1) is 0 Å². The molecule has 1 saturated heterocycles. The number of amides is 3. The van der Waals surface area contributed by atoms with Crippen LogP contribution in [0.2, 0.25) is 0 Å². The number of aromatic amines is 1. The summed E-state index contributed by atoms with van der Waals surface area (Å²) in [5.74, 6) is -3.74. The number of benzene rings is 2. The van der Waals surface area contributed by atoms with Crippen LogP contribution in [0.3, 0.4) is 0 Å². The van der Waals surface area contributed by atoms with Gasteiger partial charge in [0.15, 0.2) is 6.10 Å². The van der Waals surface area contributed by atoms with E-state index in [2.05, 4.69) is 41.0 Å². The first-order chi connectivity index (χ1) is 28.1. The van der Waals surface area contributed by atoms with Crippen molar-refractivity contribution in [3.8, 4) is 0 Å². The van der Waals surface area contributed by atoms with Gasteiger partial charge in [-0.3, -0.25) is 19.3 Å². The number of carbonyl (C=O) groups excluding carboxylic acids is 5. The van der Waals surface area contributed by atoms with Gasteiger partial charge in [-0.15, -0.1) is 22.0 Å². The number of fused-ring (bicyclic) bond motifs is 1. The zero-order valence-corrected chi connectivity index (χ0v) is 35.2. The lowest BCUT2D eigenvalue weighted by atomic mass is 9.99. The molecule has 2 aromatic carbocycles. The number of tetrazole rings is 1. The molecule has 19 nitrogen and oxygen atoms in total. The molecule has 1 unspecified atom stereocenters. The van der Waals surface area contributed by atoms with Crippen LogP contribution < -0.4 is 21.1 Å². The Morgan fingerprint density at radius 1 is 1.08 bits per heavy atom. The molecule has 6 N–H and O–H groups in total. The highest BCUT2D eigenvalue weighted by atomic mass is 32.2. The van der Waals surface area contributed by atoms with E-state index < -0.39 is 73.9 Å². The molecule has 59 heavy (non-hydrogen) atoms. The maximum absolute atomic E-state index is 14.5. The zero-order valence-electron chi connectivity index (χ0n) is 32.0. The second-order valence-electron chi connectivity index (χ2n) is 14.0. The molecule has 23 heteroatoms. The molecule has 1 fully saturated rings. The molecule has 0 radical (unpaired) electrons. The van der Waals surface area contributed by atoms with Crippen molar-refractivity contribution in [2.45, 2.75) is 67.3 Å². The number of esters is 2. The average Bonchev–Trinajstić information content (AvgIpc) is 3.86. The number of nitrogen functional groups attached to an aromatic ring is 1. The number of β-lactam (4-membered cyclic amide) rings is 1. The van der Waals surface area contributed by atoms with Crippen molar-refractivity contribution in [3.05, 3.63) is 93.8 Å². The minimum Gasteiger partial charge on any atom is -0.455 e. The van der Waals surface area contributed by atoms with Crippen molar-refractivity contribution < 1.29 is 41.9 Å². The number of thioether (sulfide) groups is 2. The highest BCUT2D eigenvalue weighted by Gasteiger charge is 2.55. The Morgan fingerprint density at radius 2 is 1.75 bits per heavy atom. The minimum absolute atomic E-state index is 0.0183. The van der Waals surface area contributed by atoms with Crippen LogP contribution in [0.1, 0.15) is 66.5 Å². The van der Waals surface area contributed by atoms with Gasteiger partial charge in [-0.25, -0.2) is 23.0 Å². The number of nitrogens with one attached hydrogen (secondary N) is 4. The summed E-state index contributed by atoms with van der Waals surface area (Å²) in [4.78, 5) is 71.9. The number of H-pyrrole nitrogens is 1. The Balaban J connectivity index is 1.30. The van der Waals surface area contributed by atoms with Crippen LogP contribution in [-0.4, -0.2) is 109 Å². The average molecular weight is 885 g/mol. The molecule has 4 atom stereocenters. The molecule has 4 aromatic rings. The number of aromatic nitrogens is 5. The number of hydrogen-bond donors (Lipinski definition) is 5. The van der Waals surface area contributed by atoms with Gasteiger partial charge in [0, 0.05) is 17.5 Å². The summed E-state index contributed by atoms with van der Waals surface area (Å²) in [5, 5.41) is 17.5. The highest BCUT2D eigenvalue weighted by Crippen LogP contribution is 2.45. The lowest BCUT2D eigenvalue weighted by Gasteiger charge is -2.50. The fourth-order valence-electron chi connectivity index (χ4n) is 6.04. The molecule has 0 aliphatic carbocycles. The van der Waals surface area contributed by atoms with Gasteiger partial charge in [0.25, 0.3) is 5.91 Å². The number of carbonyl (C=O) groups is 5. The van der Waals surface area contributed by atoms with Crippen LogP contribution in [0.5, 0.6) is 0 Å². The lowest BCUT2D eigenvalue weighted by molar-refractivity contribution is -0.154. The van der Waals surface area contributed by atoms with E-state index in [-0.39, 0.29) is 33.7 Å². The fraction of sp³-hybridized carbons (Fsp3) is 0.361. The van der Waals surface area contributed by atoms with Gasteiger partial charge in [0.1, 0.15) is 39.5 Å². The number of hydrogen-bond acceptors (Lipinski definition) is 17. The van der Waals surface area contributed by atoms with Gasteiger partial charge in [-0.2, -0.15) is 9.94 Å².